The number of nitro groups is 1. The van der Waals surface area contributed by atoms with Crippen LogP contribution in [0, 0.1) is 17.0 Å². The monoisotopic (exact) mass is 417 g/mol. The lowest BCUT2D eigenvalue weighted by Crippen LogP contribution is -2.42. The van der Waals surface area contributed by atoms with E-state index in [1.165, 1.54) is 6.07 Å². The van der Waals surface area contributed by atoms with E-state index in [1.807, 2.05) is 37.3 Å². The van der Waals surface area contributed by atoms with Crippen LogP contribution in [0.2, 0.25) is 0 Å². The van der Waals surface area contributed by atoms with E-state index in [0.29, 0.717) is 28.3 Å². The van der Waals surface area contributed by atoms with Crippen LogP contribution >= 0.6 is 0 Å². The van der Waals surface area contributed by atoms with Gasteiger partial charge in [0.15, 0.2) is 11.5 Å². The number of hydrogen-bond donors (Lipinski definition) is 1. The molecule has 0 saturated carbocycles. The molecule has 2 aliphatic heterocycles. The second kappa shape index (κ2) is 7.32. The first-order chi connectivity index (χ1) is 15.0. The number of rotatable bonds is 4. The predicted octanol–water partition coefficient (Wildman–Crippen LogP) is 4.40. The number of hydrogen-bond acceptors (Lipinski definition) is 6. The number of fused-ring (bicyclic) bond motifs is 2. The Hall–Kier alpha value is -4.07. The van der Waals surface area contributed by atoms with E-state index in [0.717, 1.165) is 11.1 Å². The summed E-state index contributed by atoms with van der Waals surface area (Å²) < 4.78 is 10.8. The van der Waals surface area contributed by atoms with Gasteiger partial charge >= 0.3 is 0 Å². The van der Waals surface area contributed by atoms with Gasteiger partial charge in [-0.1, -0.05) is 42.0 Å². The molecule has 5 rings (SSSR count). The Morgan fingerprint density at radius 1 is 1.10 bits per heavy atom. The molecule has 0 spiro atoms. The summed E-state index contributed by atoms with van der Waals surface area (Å²) in [6, 6.07) is 18.0. The van der Waals surface area contributed by atoms with Crippen molar-refractivity contribution in [1.29, 1.82) is 0 Å². The predicted molar refractivity (Wildman–Crippen MR) is 113 cm³/mol. The fourth-order valence-electron chi connectivity index (χ4n) is 3.92. The average molecular weight is 417 g/mol. The largest absolute Gasteiger partial charge is 0.454 e. The number of nitrogens with one attached hydrogen (secondary N) is 1. The molecular weight excluding hydrogens is 398 g/mol. The van der Waals surface area contributed by atoms with Crippen molar-refractivity contribution in [2.45, 2.75) is 19.6 Å². The Kier molecular flexibility index (Phi) is 4.47. The third-order valence-corrected chi connectivity index (χ3v) is 5.51. The van der Waals surface area contributed by atoms with Gasteiger partial charge in [0.1, 0.15) is 6.17 Å². The van der Waals surface area contributed by atoms with Gasteiger partial charge in [-0.15, -0.1) is 0 Å². The van der Waals surface area contributed by atoms with Gasteiger partial charge in [0.2, 0.25) is 6.79 Å². The SMILES string of the molecule is Cc1ccc(CN2C(=O)c3ccccc3N[C@H]2c2cc3c(cc2[N+](=O)[O-])OCO3)cc1. The quantitative estimate of drug-likeness (QED) is 0.500. The molecular formula is C23H19N3O5. The van der Waals surface area contributed by atoms with Crippen LogP contribution in [-0.4, -0.2) is 22.5 Å². The number of benzene rings is 3. The van der Waals surface area contributed by atoms with Gasteiger partial charge in [0, 0.05) is 12.2 Å². The third-order valence-electron chi connectivity index (χ3n) is 5.51. The Labute approximate surface area is 178 Å². The van der Waals surface area contributed by atoms with E-state index in [1.54, 1.807) is 29.2 Å². The van der Waals surface area contributed by atoms with Gasteiger partial charge in [0.25, 0.3) is 11.6 Å². The van der Waals surface area contributed by atoms with Crippen molar-refractivity contribution >= 4 is 17.3 Å². The number of amides is 1. The van der Waals surface area contributed by atoms with Gasteiger partial charge in [-0.2, -0.15) is 0 Å². The zero-order valence-electron chi connectivity index (χ0n) is 16.7. The van der Waals surface area contributed by atoms with Crippen molar-refractivity contribution in [1.82, 2.24) is 4.90 Å². The number of anilines is 1. The number of ether oxygens (including phenoxy) is 2. The molecule has 0 bridgehead atoms. The van der Waals surface area contributed by atoms with E-state index in [-0.39, 0.29) is 24.9 Å². The number of carbonyl (C=O) groups is 1. The van der Waals surface area contributed by atoms with Gasteiger partial charge < -0.3 is 19.7 Å². The van der Waals surface area contributed by atoms with Crippen molar-refractivity contribution in [3.63, 3.8) is 0 Å². The smallest absolute Gasteiger partial charge is 0.280 e. The molecule has 0 fully saturated rings. The highest BCUT2D eigenvalue weighted by Crippen LogP contribution is 2.44. The molecule has 0 aliphatic carbocycles. The minimum Gasteiger partial charge on any atom is -0.454 e. The Morgan fingerprint density at radius 2 is 1.81 bits per heavy atom. The average Bonchev–Trinajstić information content (AvgIpc) is 3.24. The molecule has 1 N–H and O–H groups in total. The molecule has 0 saturated heterocycles. The molecule has 2 aliphatic rings. The molecule has 8 nitrogen and oxygen atoms in total. The summed E-state index contributed by atoms with van der Waals surface area (Å²) in [4.78, 5) is 26.5. The highest BCUT2D eigenvalue weighted by Gasteiger charge is 2.38. The van der Waals surface area contributed by atoms with Crippen LogP contribution in [0.25, 0.3) is 0 Å². The summed E-state index contributed by atoms with van der Waals surface area (Å²) in [5.41, 5.74) is 3.39. The molecule has 0 aromatic heterocycles. The first kappa shape index (κ1) is 18.9. The summed E-state index contributed by atoms with van der Waals surface area (Å²) in [5.74, 6) is 0.541. The van der Waals surface area contributed by atoms with Gasteiger partial charge in [-0.25, -0.2) is 0 Å². The number of carbonyl (C=O) groups excluding carboxylic acids is 1. The minimum atomic E-state index is -0.751. The molecule has 2 heterocycles. The maximum absolute atomic E-state index is 13.4. The number of aryl methyl sites for hydroxylation is 1. The van der Waals surface area contributed by atoms with Crippen molar-refractivity contribution in [2.75, 3.05) is 12.1 Å². The summed E-state index contributed by atoms with van der Waals surface area (Å²) >= 11 is 0. The van der Waals surface area contributed by atoms with E-state index in [2.05, 4.69) is 5.32 Å². The van der Waals surface area contributed by atoms with E-state index in [9.17, 15) is 14.9 Å². The number of para-hydroxylation sites is 1. The first-order valence-electron chi connectivity index (χ1n) is 9.81. The topological polar surface area (TPSA) is 93.9 Å². The van der Waals surface area contributed by atoms with E-state index >= 15 is 0 Å². The second-order valence-electron chi connectivity index (χ2n) is 7.53. The van der Waals surface area contributed by atoms with E-state index < -0.39 is 11.1 Å². The fourth-order valence-corrected chi connectivity index (χ4v) is 3.92. The lowest BCUT2D eigenvalue weighted by atomic mass is 10.0. The van der Waals surface area contributed by atoms with Crippen LogP contribution < -0.4 is 14.8 Å². The summed E-state index contributed by atoms with van der Waals surface area (Å²) in [7, 11) is 0. The van der Waals surface area contributed by atoms with Gasteiger partial charge in [-0.3, -0.25) is 14.9 Å². The minimum absolute atomic E-state index is 0.00286. The van der Waals surface area contributed by atoms with Crippen LogP contribution in [0.4, 0.5) is 11.4 Å². The van der Waals surface area contributed by atoms with Crippen LogP contribution in [-0.2, 0) is 6.54 Å². The molecule has 0 unspecified atom stereocenters. The summed E-state index contributed by atoms with van der Waals surface area (Å²) in [6.45, 7) is 2.28. The standard InChI is InChI=1S/C23H19N3O5/c1-14-6-8-15(9-7-14)12-25-22(24-18-5-3-2-4-16(18)23(25)27)17-10-20-21(31-13-30-20)11-19(17)26(28)29/h2-11,22,24H,12-13H2,1H3/t22-/m1/s1. The zero-order chi connectivity index (χ0) is 21.5. The maximum Gasteiger partial charge on any atom is 0.280 e. The second-order valence-corrected chi connectivity index (χ2v) is 7.53. The third kappa shape index (κ3) is 3.31. The molecule has 1 amide bonds. The van der Waals surface area contributed by atoms with Crippen molar-refractivity contribution in [3.8, 4) is 11.5 Å². The van der Waals surface area contributed by atoms with Crippen LogP contribution in [0.15, 0.2) is 60.7 Å². The van der Waals surface area contributed by atoms with Crippen LogP contribution in [0.1, 0.15) is 33.2 Å². The Morgan fingerprint density at radius 3 is 2.55 bits per heavy atom. The lowest BCUT2D eigenvalue weighted by Gasteiger charge is -2.38. The zero-order valence-corrected chi connectivity index (χ0v) is 16.7. The first-order valence-corrected chi connectivity index (χ1v) is 9.81. The Bertz CT molecular complexity index is 1190. The highest BCUT2D eigenvalue weighted by molar-refractivity contribution is 6.01. The van der Waals surface area contributed by atoms with Gasteiger partial charge in [-0.05, 0) is 30.7 Å². The fraction of sp³-hybridized carbons (Fsp3) is 0.174. The Balaban J connectivity index is 1.63. The molecule has 156 valence electrons. The molecule has 31 heavy (non-hydrogen) atoms. The van der Waals surface area contributed by atoms with Crippen LogP contribution in [0.5, 0.6) is 11.5 Å². The molecule has 3 aromatic carbocycles. The molecule has 3 aromatic rings. The van der Waals surface area contributed by atoms with Gasteiger partial charge in [0.05, 0.1) is 22.1 Å². The summed E-state index contributed by atoms with van der Waals surface area (Å²) in [5, 5.41) is 15.2. The van der Waals surface area contributed by atoms with Crippen LogP contribution in [0.3, 0.4) is 0 Å². The number of nitrogens with zero attached hydrogens (tertiary/aromatic N) is 2. The van der Waals surface area contributed by atoms with Crippen molar-refractivity contribution < 1.29 is 19.2 Å². The molecule has 1 atom stereocenters. The van der Waals surface area contributed by atoms with E-state index in [4.69, 9.17) is 9.47 Å². The summed E-state index contributed by atoms with van der Waals surface area (Å²) in [6.07, 6.45) is -0.751. The maximum atomic E-state index is 13.4. The molecule has 8 heteroatoms. The van der Waals surface area contributed by atoms with Crippen molar-refractivity contribution in [3.05, 3.63) is 93.0 Å². The normalized spacial score (nSPS) is 16.6. The number of nitro benzene ring substituents is 1. The van der Waals surface area contributed by atoms with Crippen molar-refractivity contribution in [2.24, 2.45) is 0 Å². The highest BCUT2D eigenvalue weighted by atomic mass is 16.7. The lowest BCUT2D eigenvalue weighted by molar-refractivity contribution is -0.385. The molecule has 0 radical (unpaired) electrons.